The number of carbonyl (C=O) groups excluding carboxylic acids is 2. The Kier molecular flexibility index (Phi) is 4.34. The molecule has 0 aliphatic rings. The van der Waals surface area contributed by atoms with Gasteiger partial charge in [-0.25, -0.2) is 0 Å². The number of rotatable bonds is 4. The third kappa shape index (κ3) is 3.27. The number of benzene rings is 3. The Hall–Kier alpha value is -3.60. The highest BCUT2D eigenvalue weighted by molar-refractivity contribution is 6.08. The molecule has 0 atom stereocenters. The summed E-state index contributed by atoms with van der Waals surface area (Å²) in [5.74, 6) is -0.428. The summed E-state index contributed by atoms with van der Waals surface area (Å²) in [6, 6.07) is 21.2. The predicted molar refractivity (Wildman–Crippen MR) is 108 cm³/mol. The zero-order valence-corrected chi connectivity index (χ0v) is 14.9. The maximum atomic E-state index is 12.7. The van der Waals surface area contributed by atoms with Crippen molar-refractivity contribution < 1.29 is 9.59 Å². The van der Waals surface area contributed by atoms with Crippen LogP contribution in [0, 0.1) is 0 Å². The second kappa shape index (κ2) is 6.96. The predicted octanol–water partition coefficient (Wildman–Crippen LogP) is 4.03. The molecule has 3 aromatic carbocycles. The molecule has 0 bridgehead atoms. The minimum Gasteiger partial charge on any atom is -0.360 e. The summed E-state index contributed by atoms with van der Waals surface area (Å²) in [7, 11) is 1.63. The minimum absolute atomic E-state index is 0.0262. The first-order chi connectivity index (χ1) is 13.1. The molecule has 4 aromatic rings. The molecule has 5 nitrogen and oxygen atoms in total. The van der Waals surface area contributed by atoms with E-state index < -0.39 is 0 Å². The van der Waals surface area contributed by atoms with Crippen molar-refractivity contribution >= 4 is 39.2 Å². The van der Waals surface area contributed by atoms with Gasteiger partial charge in [0.15, 0.2) is 0 Å². The van der Waals surface area contributed by atoms with Crippen LogP contribution in [-0.4, -0.2) is 35.3 Å². The van der Waals surface area contributed by atoms with Crippen molar-refractivity contribution in [1.82, 2.24) is 9.88 Å². The third-order valence-electron chi connectivity index (χ3n) is 4.61. The standard InChI is InChI=1S/C22H19N3O2/c1-25(22(27)18-13-23-19-11-5-4-10-17(18)19)14-21(26)24-20-12-6-8-15-7-2-3-9-16(15)20/h2-13,23H,14H2,1H3,(H,24,26). The molecular formula is C22H19N3O2. The Morgan fingerprint density at radius 1 is 0.926 bits per heavy atom. The number of aromatic amines is 1. The van der Waals surface area contributed by atoms with Crippen LogP contribution in [-0.2, 0) is 4.79 Å². The number of fused-ring (bicyclic) bond motifs is 2. The van der Waals surface area contributed by atoms with Crippen LogP contribution < -0.4 is 5.32 Å². The monoisotopic (exact) mass is 357 g/mol. The van der Waals surface area contributed by atoms with Crippen molar-refractivity contribution in [3.63, 3.8) is 0 Å². The molecule has 134 valence electrons. The number of hydrogen-bond acceptors (Lipinski definition) is 2. The van der Waals surface area contributed by atoms with E-state index in [9.17, 15) is 9.59 Å². The van der Waals surface area contributed by atoms with Gasteiger partial charge in [0.05, 0.1) is 12.1 Å². The highest BCUT2D eigenvalue weighted by Gasteiger charge is 2.18. The first kappa shape index (κ1) is 16.8. The number of amides is 2. The average Bonchev–Trinajstić information content (AvgIpc) is 3.11. The Morgan fingerprint density at radius 2 is 1.63 bits per heavy atom. The molecule has 5 heteroatoms. The fraction of sp³-hybridized carbons (Fsp3) is 0.0909. The maximum absolute atomic E-state index is 12.7. The summed E-state index contributed by atoms with van der Waals surface area (Å²) < 4.78 is 0. The molecule has 0 radical (unpaired) electrons. The molecule has 27 heavy (non-hydrogen) atoms. The number of likely N-dealkylation sites (N-methyl/N-ethyl adjacent to an activating group) is 1. The summed E-state index contributed by atoms with van der Waals surface area (Å²) in [5.41, 5.74) is 2.20. The van der Waals surface area contributed by atoms with Gasteiger partial charge in [0.2, 0.25) is 5.91 Å². The lowest BCUT2D eigenvalue weighted by Crippen LogP contribution is -2.34. The SMILES string of the molecule is CN(CC(=O)Nc1cccc2ccccc12)C(=O)c1c[nH]c2ccccc12. The number of carbonyl (C=O) groups is 2. The number of anilines is 1. The first-order valence-electron chi connectivity index (χ1n) is 8.72. The van der Waals surface area contributed by atoms with Crippen molar-refractivity contribution in [3.8, 4) is 0 Å². The van der Waals surface area contributed by atoms with Crippen LogP contribution in [0.25, 0.3) is 21.7 Å². The topological polar surface area (TPSA) is 65.2 Å². The van der Waals surface area contributed by atoms with Gasteiger partial charge in [0.25, 0.3) is 5.91 Å². The van der Waals surface area contributed by atoms with Crippen molar-refractivity contribution in [2.24, 2.45) is 0 Å². The second-order valence-corrected chi connectivity index (χ2v) is 6.48. The number of nitrogens with zero attached hydrogens (tertiary/aromatic N) is 1. The normalized spacial score (nSPS) is 10.9. The molecule has 0 saturated carbocycles. The zero-order valence-electron chi connectivity index (χ0n) is 14.9. The van der Waals surface area contributed by atoms with E-state index in [4.69, 9.17) is 0 Å². The molecule has 2 amide bonds. The van der Waals surface area contributed by atoms with E-state index in [1.54, 1.807) is 13.2 Å². The van der Waals surface area contributed by atoms with Gasteiger partial charge < -0.3 is 15.2 Å². The highest BCUT2D eigenvalue weighted by Crippen LogP contribution is 2.23. The van der Waals surface area contributed by atoms with Crippen molar-refractivity contribution in [3.05, 3.63) is 78.5 Å². The van der Waals surface area contributed by atoms with Crippen molar-refractivity contribution in [2.75, 3.05) is 18.9 Å². The van der Waals surface area contributed by atoms with E-state index in [0.717, 1.165) is 27.4 Å². The van der Waals surface area contributed by atoms with Gasteiger partial charge in [-0.05, 0) is 17.5 Å². The molecular weight excluding hydrogens is 338 g/mol. The fourth-order valence-electron chi connectivity index (χ4n) is 3.27. The van der Waals surface area contributed by atoms with Gasteiger partial charge >= 0.3 is 0 Å². The number of nitrogens with one attached hydrogen (secondary N) is 2. The molecule has 1 aromatic heterocycles. The van der Waals surface area contributed by atoms with Crippen LogP contribution >= 0.6 is 0 Å². The molecule has 1 heterocycles. The quantitative estimate of drug-likeness (QED) is 0.579. The number of para-hydroxylation sites is 1. The van der Waals surface area contributed by atoms with Gasteiger partial charge in [0, 0.05) is 35.2 Å². The van der Waals surface area contributed by atoms with E-state index in [1.165, 1.54) is 4.90 Å². The van der Waals surface area contributed by atoms with E-state index >= 15 is 0 Å². The fourth-order valence-corrected chi connectivity index (χ4v) is 3.27. The number of aromatic nitrogens is 1. The molecule has 2 N–H and O–H groups in total. The smallest absolute Gasteiger partial charge is 0.256 e. The molecule has 0 aliphatic heterocycles. The minimum atomic E-state index is -0.234. The van der Waals surface area contributed by atoms with Gasteiger partial charge in [0.1, 0.15) is 0 Å². The van der Waals surface area contributed by atoms with Crippen LogP contribution in [0.2, 0.25) is 0 Å². The van der Waals surface area contributed by atoms with Gasteiger partial charge in [-0.2, -0.15) is 0 Å². The van der Waals surface area contributed by atoms with Gasteiger partial charge in [-0.3, -0.25) is 9.59 Å². The van der Waals surface area contributed by atoms with Crippen LogP contribution in [0.15, 0.2) is 72.9 Å². The summed E-state index contributed by atoms with van der Waals surface area (Å²) in [6.07, 6.45) is 1.69. The summed E-state index contributed by atoms with van der Waals surface area (Å²) in [4.78, 5) is 29.8. The Morgan fingerprint density at radius 3 is 2.48 bits per heavy atom. The van der Waals surface area contributed by atoms with E-state index in [-0.39, 0.29) is 18.4 Å². The maximum Gasteiger partial charge on any atom is 0.256 e. The largest absolute Gasteiger partial charge is 0.360 e. The van der Waals surface area contributed by atoms with Crippen LogP contribution in [0.5, 0.6) is 0 Å². The first-order valence-corrected chi connectivity index (χ1v) is 8.72. The molecule has 0 spiro atoms. The molecule has 0 aliphatic carbocycles. The molecule has 0 unspecified atom stereocenters. The van der Waals surface area contributed by atoms with E-state index in [0.29, 0.717) is 5.56 Å². The highest BCUT2D eigenvalue weighted by atomic mass is 16.2. The van der Waals surface area contributed by atoms with Gasteiger partial charge in [-0.15, -0.1) is 0 Å². The lowest BCUT2D eigenvalue weighted by atomic mass is 10.1. The molecule has 0 saturated heterocycles. The van der Waals surface area contributed by atoms with E-state index in [1.807, 2.05) is 66.7 Å². The summed E-state index contributed by atoms with van der Waals surface area (Å²) in [6.45, 7) is -0.0262. The Balaban J connectivity index is 1.50. The van der Waals surface area contributed by atoms with E-state index in [2.05, 4.69) is 10.3 Å². The number of hydrogen-bond donors (Lipinski definition) is 2. The van der Waals surface area contributed by atoms with Crippen molar-refractivity contribution in [1.29, 1.82) is 0 Å². The average molecular weight is 357 g/mol. The summed E-state index contributed by atoms with van der Waals surface area (Å²) in [5, 5.41) is 5.79. The van der Waals surface area contributed by atoms with Crippen LogP contribution in [0.4, 0.5) is 5.69 Å². The Bertz CT molecular complexity index is 1140. The Labute approximate surface area is 156 Å². The second-order valence-electron chi connectivity index (χ2n) is 6.48. The molecule has 0 fully saturated rings. The summed E-state index contributed by atoms with van der Waals surface area (Å²) >= 11 is 0. The lowest BCUT2D eigenvalue weighted by molar-refractivity contribution is -0.116. The number of H-pyrrole nitrogens is 1. The zero-order chi connectivity index (χ0) is 18.8. The van der Waals surface area contributed by atoms with Crippen molar-refractivity contribution in [2.45, 2.75) is 0 Å². The van der Waals surface area contributed by atoms with Crippen LogP contribution in [0.1, 0.15) is 10.4 Å². The molecule has 4 rings (SSSR count). The third-order valence-corrected chi connectivity index (χ3v) is 4.61. The van der Waals surface area contributed by atoms with Crippen LogP contribution in [0.3, 0.4) is 0 Å². The lowest BCUT2D eigenvalue weighted by Gasteiger charge is -2.17. The van der Waals surface area contributed by atoms with Gasteiger partial charge in [-0.1, -0.05) is 54.6 Å².